The van der Waals surface area contributed by atoms with Gasteiger partial charge in [-0.05, 0) is 29.8 Å². The maximum absolute atomic E-state index is 8.48. The lowest BCUT2D eigenvalue weighted by atomic mass is 10.2. The first-order chi connectivity index (χ1) is 7.88. The molecule has 3 nitrogen and oxygen atoms in total. The zero-order chi connectivity index (χ0) is 11.2. The Bertz CT molecular complexity index is 422. The Morgan fingerprint density at radius 2 is 2.12 bits per heavy atom. The third-order valence-corrected chi connectivity index (χ3v) is 2.19. The molecule has 1 aromatic heterocycles. The normalized spacial score (nSPS) is 11.3. The van der Waals surface area contributed by atoms with Crippen molar-refractivity contribution in [2.45, 2.75) is 13.2 Å². The molecule has 0 spiro atoms. The van der Waals surface area contributed by atoms with Gasteiger partial charge in [-0.25, -0.2) is 0 Å². The first-order valence-electron chi connectivity index (χ1n) is 5.11. The molecule has 0 radical (unpaired) electrons. The number of aromatic nitrogens is 1. The summed E-state index contributed by atoms with van der Waals surface area (Å²) in [6.07, 6.45) is 1.66. The first-order valence-corrected chi connectivity index (χ1v) is 5.11. The van der Waals surface area contributed by atoms with Gasteiger partial charge in [0, 0.05) is 6.20 Å². The minimum absolute atomic E-state index is 0.0286. The highest BCUT2D eigenvalue weighted by Crippen LogP contribution is 2.20. The topological polar surface area (TPSA) is 42.4 Å². The van der Waals surface area contributed by atoms with Crippen molar-refractivity contribution >= 4 is 0 Å². The Morgan fingerprint density at radius 3 is 2.69 bits per heavy atom. The van der Waals surface area contributed by atoms with Crippen LogP contribution >= 0.6 is 0 Å². The van der Waals surface area contributed by atoms with Gasteiger partial charge in [0.2, 0.25) is 0 Å². The van der Waals surface area contributed by atoms with Crippen LogP contribution in [0.3, 0.4) is 0 Å². The summed E-state index contributed by atoms with van der Waals surface area (Å²) in [5.74, 6) is 1.00. The molecule has 16 heavy (non-hydrogen) atoms. The molecule has 82 valence electrons. The van der Waals surface area contributed by atoms with E-state index >= 15 is 0 Å². The second kappa shape index (κ2) is 5.28. The number of aliphatic hydroxyl groups excluding tert-OH is 1. The summed E-state index contributed by atoms with van der Waals surface area (Å²) in [5.41, 5.74) is 2.00. The van der Waals surface area contributed by atoms with Crippen molar-refractivity contribution in [1.82, 2.24) is 4.98 Å². The number of pyridine rings is 1. The molecule has 0 saturated carbocycles. The zero-order valence-electron chi connectivity index (χ0n) is 8.84. The number of benzene rings is 1. The molecule has 2 bridgehead atoms. The Balaban J connectivity index is 0.000000120. The quantitative estimate of drug-likeness (QED) is 0.792. The van der Waals surface area contributed by atoms with Crippen LogP contribution in [-0.4, -0.2) is 10.1 Å². The summed E-state index contributed by atoms with van der Waals surface area (Å²) < 4.78 is 5.18. The van der Waals surface area contributed by atoms with Crippen LogP contribution in [0.5, 0.6) is 5.75 Å². The van der Waals surface area contributed by atoms with Crippen LogP contribution in [0.4, 0.5) is 0 Å². The standard InChI is InChI=1S/C7H6O.C6H7NO/c1-2-6-4-7(3-1)8-5-6;8-5-6-3-1-2-4-7-6/h1-4H,5H2;1-4,8H,5H2. The van der Waals surface area contributed by atoms with Crippen molar-refractivity contribution in [3.63, 3.8) is 0 Å². The van der Waals surface area contributed by atoms with Gasteiger partial charge in [-0.3, -0.25) is 4.98 Å². The SMILES string of the molecule is OCc1ccccn1.c1cc2cc(c1)OC2. The van der Waals surface area contributed by atoms with E-state index < -0.39 is 0 Å². The van der Waals surface area contributed by atoms with E-state index in [9.17, 15) is 0 Å². The van der Waals surface area contributed by atoms with Gasteiger partial charge >= 0.3 is 0 Å². The first kappa shape index (κ1) is 10.6. The summed E-state index contributed by atoms with van der Waals surface area (Å²) in [7, 11) is 0. The Kier molecular flexibility index (Phi) is 3.51. The largest absolute Gasteiger partial charge is 0.489 e. The highest BCUT2D eigenvalue weighted by atomic mass is 16.5. The number of rotatable bonds is 1. The lowest BCUT2D eigenvalue weighted by Gasteiger charge is -1.88. The zero-order valence-corrected chi connectivity index (χ0v) is 8.84. The molecular formula is C13H13NO2. The van der Waals surface area contributed by atoms with Crippen molar-refractivity contribution in [2.75, 3.05) is 0 Å². The molecule has 0 aliphatic carbocycles. The fraction of sp³-hybridized carbons (Fsp3) is 0.154. The molecule has 0 unspecified atom stereocenters. The highest BCUT2D eigenvalue weighted by Gasteiger charge is 2.03. The van der Waals surface area contributed by atoms with Crippen molar-refractivity contribution in [3.8, 4) is 5.75 Å². The third kappa shape index (κ3) is 2.81. The summed E-state index contributed by atoms with van der Waals surface area (Å²) in [5, 5.41) is 8.48. The molecule has 1 aliphatic rings. The maximum atomic E-state index is 8.48. The second-order valence-corrected chi connectivity index (χ2v) is 3.42. The number of nitrogens with zero attached hydrogens (tertiary/aromatic N) is 1. The van der Waals surface area contributed by atoms with Gasteiger partial charge in [0.25, 0.3) is 0 Å². The maximum Gasteiger partial charge on any atom is 0.120 e. The van der Waals surface area contributed by atoms with Crippen molar-refractivity contribution in [3.05, 3.63) is 59.9 Å². The second-order valence-electron chi connectivity index (χ2n) is 3.42. The highest BCUT2D eigenvalue weighted by molar-refractivity contribution is 5.32. The third-order valence-electron chi connectivity index (χ3n) is 2.19. The van der Waals surface area contributed by atoms with Gasteiger partial charge in [0.15, 0.2) is 0 Å². The fourth-order valence-corrected chi connectivity index (χ4v) is 1.38. The molecule has 0 saturated heterocycles. The van der Waals surface area contributed by atoms with E-state index in [1.165, 1.54) is 5.56 Å². The van der Waals surface area contributed by atoms with Crippen LogP contribution in [-0.2, 0) is 13.2 Å². The van der Waals surface area contributed by atoms with Gasteiger partial charge < -0.3 is 9.84 Å². The van der Waals surface area contributed by atoms with E-state index in [-0.39, 0.29) is 6.61 Å². The van der Waals surface area contributed by atoms with Crippen molar-refractivity contribution in [1.29, 1.82) is 0 Å². The van der Waals surface area contributed by atoms with Crippen LogP contribution in [0.15, 0.2) is 48.7 Å². The average Bonchev–Trinajstić information content (AvgIpc) is 2.70. The van der Waals surface area contributed by atoms with Crippen LogP contribution in [0.1, 0.15) is 11.3 Å². The lowest BCUT2D eigenvalue weighted by Crippen LogP contribution is -1.84. The van der Waals surface area contributed by atoms with E-state index in [2.05, 4.69) is 17.1 Å². The number of ether oxygens (including phenoxy) is 1. The van der Waals surface area contributed by atoms with Crippen LogP contribution in [0, 0.1) is 0 Å². The number of fused-ring (bicyclic) bond motifs is 2. The summed E-state index contributed by atoms with van der Waals surface area (Å²) in [4.78, 5) is 3.85. The molecule has 1 aliphatic heterocycles. The summed E-state index contributed by atoms with van der Waals surface area (Å²) in [6, 6.07) is 13.5. The van der Waals surface area contributed by atoms with E-state index in [0.717, 1.165) is 12.4 Å². The molecule has 2 heterocycles. The fourth-order valence-electron chi connectivity index (χ4n) is 1.38. The van der Waals surface area contributed by atoms with Crippen molar-refractivity contribution in [2.24, 2.45) is 0 Å². The average molecular weight is 215 g/mol. The molecule has 0 fully saturated rings. The molecule has 3 heteroatoms. The number of hydrogen-bond acceptors (Lipinski definition) is 3. The summed E-state index contributed by atoms with van der Waals surface area (Å²) in [6.45, 7) is 0.795. The number of aliphatic hydroxyl groups is 1. The molecule has 0 atom stereocenters. The monoisotopic (exact) mass is 215 g/mol. The number of hydrogen-bond donors (Lipinski definition) is 1. The minimum Gasteiger partial charge on any atom is -0.489 e. The molecule has 3 rings (SSSR count). The predicted molar refractivity (Wildman–Crippen MR) is 60.9 cm³/mol. The van der Waals surface area contributed by atoms with E-state index in [1.54, 1.807) is 12.3 Å². The van der Waals surface area contributed by atoms with Gasteiger partial charge in [-0.1, -0.05) is 18.2 Å². The van der Waals surface area contributed by atoms with Crippen LogP contribution < -0.4 is 4.74 Å². The van der Waals surface area contributed by atoms with Crippen molar-refractivity contribution < 1.29 is 9.84 Å². The minimum atomic E-state index is 0.0286. The lowest BCUT2D eigenvalue weighted by molar-refractivity contribution is 0.277. The van der Waals surface area contributed by atoms with Gasteiger partial charge in [-0.2, -0.15) is 0 Å². The molecule has 1 N–H and O–H groups in total. The molecule has 0 amide bonds. The molecule has 2 aromatic rings. The Hall–Kier alpha value is -1.87. The molecular weight excluding hydrogens is 202 g/mol. The molecule has 1 aromatic carbocycles. The van der Waals surface area contributed by atoms with Crippen LogP contribution in [0.25, 0.3) is 0 Å². The van der Waals surface area contributed by atoms with Crippen LogP contribution in [0.2, 0.25) is 0 Å². The predicted octanol–water partition coefficient (Wildman–Crippen LogP) is 2.15. The Labute approximate surface area is 94.3 Å². The smallest absolute Gasteiger partial charge is 0.120 e. The Morgan fingerprint density at radius 1 is 1.19 bits per heavy atom. The van der Waals surface area contributed by atoms with E-state index in [0.29, 0.717) is 5.69 Å². The van der Waals surface area contributed by atoms with Gasteiger partial charge in [-0.15, -0.1) is 0 Å². The van der Waals surface area contributed by atoms with E-state index in [4.69, 9.17) is 9.84 Å². The van der Waals surface area contributed by atoms with E-state index in [1.807, 2.05) is 24.3 Å². The summed E-state index contributed by atoms with van der Waals surface area (Å²) >= 11 is 0. The van der Waals surface area contributed by atoms with Gasteiger partial charge in [0.05, 0.1) is 12.3 Å². The van der Waals surface area contributed by atoms with Gasteiger partial charge in [0.1, 0.15) is 12.4 Å².